The van der Waals surface area contributed by atoms with Gasteiger partial charge in [0.05, 0.1) is 44.2 Å². The summed E-state index contributed by atoms with van der Waals surface area (Å²) in [6, 6.07) is 7.56. The number of likely N-dealkylation sites (tertiary alicyclic amines) is 1. The van der Waals surface area contributed by atoms with Crippen LogP contribution in [0.25, 0.3) is 16.7 Å². The van der Waals surface area contributed by atoms with Gasteiger partial charge in [0.2, 0.25) is 0 Å². The van der Waals surface area contributed by atoms with Crippen LogP contribution in [0.1, 0.15) is 49.1 Å². The maximum absolute atomic E-state index is 6.14. The zero-order valence-electron chi connectivity index (χ0n) is 22.9. The summed E-state index contributed by atoms with van der Waals surface area (Å²) in [5.74, 6) is 2.09. The number of hydrogen-bond donors (Lipinski definition) is 0. The van der Waals surface area contributed by atoms with Crippen LogP contribution in [-0.2, 0) is 14.2 Å². The third-order valence-corrected chi connectivity index (χ3v) is 8.79. The Morgan fingerprint density at radius 3 is 2.51 bits per heavy atom. The number of nitrogens with zero attached hydrogens (tertiary/aromatic N) is 6. The van der Waals surface area contributed by atoms with Crippen LogP contribution in [0, 0.1) is 6.92 Å². The number of hydrogen-bond acceptors (Lipinski definition) is 9. The lowest BCUT2D eigenvalue weighted by Gasteiger charge is -2.41. The fourth-order valence-electron chi connectivity index (χ4n) is 6.34. The van der Waals surface area contributed by atoms with E-state index in [1.165, 1.54) is 30.4 Å². The molecule has 2 aromatic heterocycles. The largest absolute Gasteiger partial charge is 0.467 e. The Morgan fingerprint density at radius 1 is 0.974 bits per heavy atom. The molecule has 39 heavy (non-hydrogen) atoms. The van der Waals surface area contributed by atoms with E-state index in [1.807, 2.05) is 16.9 Å². The number of fused-ring (bicyclic) bond motifs is 1. The van der Waals surface area contributed by atoms with Gasteiger partial charge in [-0.05, 0) is 81.3 Å². The third kappa shape index (κ3) is 4.99. The molecule has 10 nitrogen and oxygen atoms in total. The minimum atomic E-state index is -0.0750. The van der Waals surface area contributed by atoms with E-state index in [-0.39, 0.29) is 12.4 Å². The van der Waals surface area contributed by atoms with Gasteiger partial charge in [0.25, 0.3) is 0 Å². The SMILES string of the molecule is COc1nc(N2CC(OC3CCCCO3)C2)cc(-n2ncc3cc(C)c(C4CCN(C5COC5)CC4)cc32)n1. The van der Waals surface area contributed by atoms with E-state index in [2.05, 4.69) is 38.8 Å². The molecule has 0 N–H and O–H groups in total. The summed E-state index contributed by atoms with van der Waals surface area (Å²) in [6.07, 6.45) is 7.62. The van der Waals surface area contributed by atoms with Gasteiger partial charge in [-0.15, -0.1) is 0 Å². The Hall–Kier alpha value is -2.79. The quantitative estimate of drug-likeness (QED) is 0.452. The van der Waals surface area contributed by atoms with Gasteiger partial charge < -0.3 is 23.8 Å². The predicted molar refractivity (Wildman–Crippen MR) is 147 cm³/mol. The van der Waals surface area contributed by atoms with E-state index in [9.17, 15) is 0 Å². The second-order valence-electron chi connectivity index (χ2n) is 11.4. The van der Waals surface area contributed by atoms with Crippen LogP contribution >= 0.6 is 0 Å². The van der Waals surface area contributed by atoms with Crippen LogP contribution in [0.4, 0.5) is 5.82 Å². The predicted octanol–water partition coefficient (Wildman–Crippen LogP) is 3.44. The van der Waals surface area contributed by atoms with Crippen LogP contribution in [0.3, 0.4) is 0 Å². The average Bonchev–Trinajstić information content (AvgIpc) is 3.32. The van der Waals surface area contributed by atoms with Gasteiger partial charge in [0.15, 0.2) is 12.1 Å². The molecule has 0 amide bonds. The number of aryl methyl sites for hydroxylation is 1. The van der Waals surface area contributed by atoms with Gasteiger partial charge in [-0.3, -0.25) is 4.90 Å². The smallest absolute Gasteiger partial charge is 0.320 e. The Labute approximate surface area is 229 Å². The van der Waals surface area contributed by atoms with Crippen molar-refractivity contribution in [2.24, 2.45) is 0 Å². The van der Waals surface area contributed by atoms with Gasteiger partial charge in [-0.1, -0.05) is 0 Å². The number of piperidine rings is 1. The first-order valence-electron chi connectivity index (χ1n) is 14.4. The molecule has 208 valence electrons. The van der Waals surface area contributed by atoms with E-state index in [1.54, 1.807) is 7.11 Å². The molecule has 0 saturated carbocycles. The zero-order valence-corrected chi connectivity index (χ0v) is 22.9. The first kappa shape index (κ1) is 25.2. The van der Waals surface area contributed by atoms with Crippen LogP contribution < -0.4 is 9.64 Å². The van der Waals surface area contributed by atoms with Crippen molar-refractivity contribution in [1.29, 1.82) is 0 Å². The highest BCUT2D eigenvalue weighted by Crippen LogP contribution is 2.35. The summed E-state index contributed by atoms with van der Waals surface area (Å²) < 4.78 is 24.7. The lowest BCUT2D eigenvalue weighted by molar-refractivity contribution is -0.191. The molecule has 4 aliphatic heterocycles. The molecular formula is C29H38N6O4. The first-order chi connectivity index (χ1) is 19.1. The molecule has 3 aromatic rings. The number of aromatic nitrogens is 4. The minimum absolute atomic E-state index is 0.0750. The number of ether oxygens (including phenoxy) is 4. The molecular weight excluding hydrogens is 496 g/mol. The Bertz CT molecular complexity index is 1310. The molecule has 0 radical (unpaired) electrons. The van der Waals surface area contributed by atoms with Crippen molar-refractivity contribution in [3.63, 3.8) is 0 Å². The molecule has 6 heterocycles. The second-order valence-corrected chi connectivity index (χ2v) is 11.4. The topological polar surface area (TPSA) is 87.0 Å². The molecule has 1 unspecified atom stereocenters. The molecule has 0 spiro atoms. The van der Waals surface area contributed by atoms with E-state index < -0.39 is 0 Å². The number of methoxy groups -OCH3 is 1. The monoisotopic (exact) mass is 534 g/mol. The van der Waals surface area contributed by atoms with E-state index in [4.69, 9.17) is 24.0 Å². The maximum atomic E-state index is 6.14. The molecule has 0 bridgehead atoms. The molecule has 1 aromatic carbocycles. The minimum Gasteiger partial charge on any atom is -0.467 e. The summed E-state index contributed by atoms with van der Waals surface area (Å²) >= 11 is 0. The molecule has 4 saturated heterocycles. The lowest BCUT2D eigenvalue weighted by Crippen LogP contribution is -2.54. The molecule has 4 fully saturated rings. The molecule has 4 aliphatic rings. The zero-order chi connectivity index (χ0) is 26.3. The normalized spacial score (nSPS) is 23.6. The molecule has 7 rings (SSSR count). The number of rotatable bonds is 7. The van der Waals surface area contributed by atoms with Crippen molar-refractivity contribution in [1.82, 2.24) is 24.6 Å². The van der Waals surface area contributed by atoms with Gasteiger partial charge in [-0.25, -0.2) is 4.68 Å². The van der Waals surface area contributed by atoms with Crippen molar-refractivity contribution in [3.05, 3.63) is 35.5 Å². The summed E-state index contributed by atoms with van der Waals surface area (Å²) in [6.45, 7) is 8.61. The highest BCUT2D eigenvalue weighted by Gasteiger charge is 2.33. The van der Waals surface area contributed by atoms with Crippen molar-refractivity contribution in [2.45, 2.75) is 63.4 Å². The summed E-state index contributed by atoms with van der Waals surface area (Å²) in [4.78, 5) is 14.1. The first-order valence-corrected chi connectivity index (χ1v) is 14.4. The van der Waals surface area contributed by atoms with Crippen LogP contribution in [-0.4, -0.2) is 96.2 Å². The van der Waals surface area contributed by atoms with Crippen molar-refractivity contribution in [2.75, 3.05) is 58.0 Å². The molecule has 0 aliphatic carbocycles. The summed E-state index contributed by atoms with van der Waals surface area (Å²) in [7, 11) is 1.61. The number of benzene rings is 1. The van der Waals surface area contributed by atoms with E-state index >= 15 is 0 Å². The lowest BCUT2D eigenvalue weighted by atomic mass is 9.85. The fraction of sp³-hybridized carbons (Fsp3) is 0.621. The second kappa shape index (κ2) is 10.6. The molecule has 1 atom stereocenters. The molecule has 10 heteroatoms. The van der Waals surface area contributed by atoms with E-state index in [0.717, 1.165) is 75.6 Å². The highest BCUT2D eigenvalue weighted by molar-refractivity contribution is 5.82. The maximum Gasteiger partial charge on any atom is 0.320 e. The van der Waals surface area contributed by atoms with Crippen LogP contribution in [0.5, 0.6) is 6.01 Å². The summed E-state index contributed by atoms with van der Waals surface area (Å²) in [5.41, 5.74) is 3.82. The fourth-order valence-corrected chi connectivity index (χ4v) is 6.34. The van der Waals surface area contributed by atoms with Crippen LogP contribution in [0.15, 0.2) is 24.4 Å². The van der Waals surface area contributed by atoms with Crippen LogP contribution in [0.2, 0.25) is 0 Å². The van der Waals surface area contributed by atoms with Gasteiger partial charge in [-0.2, -0.15) is 15.1 Å². The van der Waals surface area contributed by atoms with Crippen molar-refractivity contribution in [3.8, 4) is 11.8 Å². The van der Waals surface area contributed by atoms with E-state index in [0.29, 0.717) is 23.8 Å². The Kier molecular flexibility index (Phi) is 6.88. The third-order valence-electron chi connectivity index (χ3n) is 8.79. The Morgan fingerprint density at radius 2 is 1.79 bits per heavy atom. The highest BCUT2D eigenvalue weighted by atomic mass is 16.7. The van der Waals surface area contributed by atoms with Gasteiger partial charge >= 0.3 is 6.01 Å². The van der Waals surface area contributed by atoms with Crippen molar-refractivity contribution < 1.29 is 18.9 Å². The van der Waals surface area contributed by atoms with Gasteiger partial charge in [0, 0.05) is 31.1 Å². The van der Waals surface area contributed by atoms with Gasteiger partial charge in [0.1, 0.15) is 5.82 Å². The summed E-state index contributed by atoms with van der Waals surface area (Å²) in [5, 5.41) is 5.86. The van der Waals surface area contributed by atoms with Crippen molar-refractivity contribution >= 4 is 16.7 Å². The number of anilines is 1. The average molecular weight is 535 g/mol. The Balaban J connectivity index is 1.11. The standard InChI is InChI=1S/C29H38N6O4/c1-19-11-21-14-30-35(25(21)12-24(19)20-6-8-33(9-7-20)22-17-37-18-22)27-13-26(31-29(32-27)36-2)34-15-23(16-34)39-28-5-3-4-10-38-28/h11-14,20,22-23,28H,3-10,15-18H2,1-2H3.